The normalized spacial score (nSPS) is 11.4. The Balaban J connectivity index is 1.77. The first-order valence-electron chi connectivity index (χ1n) is 9.28. The van der Waals surface area contributed by atoms with Crippen LogP contribution in [0.4, 0.5) is 0 Å². The highest BCUT2D eigenvalue weighted by atomic mass is 16.5. The lowest BCUT2D eigenvalue weighted by molar-refractivity contribution is -0.150. The second kappa shape index (κ2) is 11.0. The fourth-order valence-electron chi connectivity index (χ4n) is 2.89. The number of esters is 1. The Labute approximate surface area is 165 Å². The summed E-state index contributed by atoms with van der Waals surface area (Å²) in [6.07, 6.45) is 1.24. The molecule has 0 aliphatic carbocycles. The molecule has 6 heteroatoms. The predicted molar refractivity (Wildman–Crippen MR) is 107 cm³/mol. The summed E-state index contributed by atoms with van der Waals surface area (Å²) in [5.41, 5.74) is 1.90. The van der Waals surface area contributed by atoms with Crippen LogP contribution in [0.5, 0.6) is 11.5 Å². The van der Waals surface area contributed by atoms with E-state index in [-0.39, 0.29) is 24.4 Å². The van der Waals surface area contributed by atoms with Gasteiger partial charge in [0.25, 0.3) is 5.91 Å². The Morgan fingerprint density at radius 1 is 1.00 bits per heavy atom. The van der Waals surface area contributed by atoms with Crippen molar-refractivity contribution in [3.8, 4) is 11.5 Å². The van der Waals surface area contributed by atoms with Gasteiger partial charge < -0.3 is 19.5 Å². The van der Waals surface area contributed by atoms with Crippen LogP contribution in [-0.2, 0) is 20.7 Å². The highest BCUT2D eigenvalue weighted by molar-refractivity contribution is 5.83. The van der Waals surface area contributed by atoms with Gasteiger partial charge >= 0.3 is 5.97 Å². The molecule has 0 aliphatic heterocycles. The largest absolute Gasteiger partial charge is 0.493 e. The van der Waals surface area contributed by atoms with Crippen LogP contribution >= 0.6 is 0 Å². The van der Waals surface area contributed by atoms with E-state index in [0.29, 0.717) is 30.9 Å². The first kappa shape index (κ1) is 21.3. The van der Waals surface area contributed by atoms with Crippen LogP contribution in [0.1, 0.15) is 30.4 Å². The van der Waals surface area contributed by atoms with Crippen LogP contribution in [0.25, 0.3) is 0 Å². The van der Waals surface area contributed by atoms with Gasteiger partial charge in [0, 0.05) is 6.54 Å². The first-order valence-corrected chi connectivity index (χ1v) is 9.28. The maximum absolute atomic E-state index is 12.3. The predicted octanol–water partition coefficient (Wildman–Crippen LogP) is 3.10. The molecule has 0 radical (unpaired) electrons. The standard InChI is InChI=1S/C22H27NO5/c1-4-18(17-8-6-5-7-9-17)22(25)28-15-21(24)23-13-12-16-10-11-19(26-2)20(14-16)27-3/h5-11,14,18H,4,12-13,15H2,1-3H3,(H,23,24)/t18-/m0/s1. The van der Waals surface area contributed by atoms with Gasteiger partial charge in [-0.25, -0.2) is 0 Å². The molecule has 2 rings (SSSR count). The van der Waals surface area contributed by atoms with Crippen LogP contribution in [0, 0.1) is 0 Å². The number of ether oxygens (including phenoxy) is 3. The van der Waals surface area contributed by atoms with Gasteiger partial charge in [-0.2, -0.15) is 0 Å². The summed E-state index contributed by atoms with van der Waals surface area (Å²) in [6.45, 7) is 2.07. The number of nitrogens with one attached hydrogen (secondary N) is 1. The summed E-state index contributed by atoms with van der Waals surface area (Å²) in [5, 5.41) is 2.76. The van der Waals surface area contributed by atoms with Crippen molar-refractivity contribution in [1.82, 2.24) is 5.32 Å². The summed E-state index contributed by atoms with van der Waals surface area (Å²) in [4.78, 5) is 24.3. The average molecular weight is 385 g/mol. The Hall–Kier alpha value is -3.02. The van der Waals surface area contributed by atoms with Gasteiger partial charge in [-0.15, -0.1) is 0 Å². The molecule has 1 N–H and O–H groups in total. The molecule has 6 nitrogen and oxygen atoms in total. The van der Waals surface area contributed by atoms with E-state index in [9.17, 15) is 9.59 Å². The second-order valence-electron chi connectivity index (χ2n) is 6.27. The molecule has 0 bridgehead atoms. The van der Waals surface area contributed by atoms with E-state index in [1.54, 1.807) is 14.2 Å². The molecule has 28 heavy (non-hydrogen) atoms. The molecule has 1 amide bonds. The van der Waals surface area contributed by atoms with Crippen molar-refractivity contribution >= 4 is 11.9 Å². The number of hydrogen-bond acceptors (Lipinski definition) is 5. The first-order chi connectivity index (χ1) is 13.6. The maximum Gasteiger partial charge on any atom is 0.313 e. The van der Waals surface area contributed by atoms with Crippen molar-refractivity contribution in [2.24, 2.45) is 0 Å². The van der Waals surface area contributed by atoms with E-state index in [0.717, 1.165) is 11.1 Å². The monoisotopic (exact) mass is 385 g/mol. The SMILES string of the molecule is CC[C@H](C(=O)OCC(=O)NCCc1ccc(OC)c(OC)c1)c1ccccc1. The summed E-state index contributed by atoms with van der Waals surface area (Å²) in [7, 11) is 3.16. The van der Waals surface area contributed by atoms with Crippen molar-refractivity contribution < 1.29 is 23.8 Å². The molecule has 0 fully saturated rings. The van der Waals surface area contributed by atoms with Gasteiger partial charge in [0.1, 0.15) is 0 Å². The van der Waals surface area contributed by atoms with Crippen molar-refractivity contribution in [3.05, 3.63) is 59.7 Å². The smallest absolute Gasteiger partial charge is 0.313 e. The molecule has 1 atom stereocenters. The molecule has 2 aromatic rings. The lowest BCUT2D eigenvalue weighted by Crippen LogP contribution is -2.31. The highest BCUT2D eigenvalue weighted by Crippen LogP contribution is 2.27. The molecular formula is C22H27NO5. The third-order valence-electron chi connectivity index (χ3n) is 4.42. The van der Waals surface area contributed by atoms with Gasteiger partial charge in [-0.05, 0) is 36.1 Å². The Kier molecular flexibility index (Phi) is 8.34. The minimum absolute atomic E-state index is 0.284. The Bertz CT molecular complexity index is 776. The van der Waals surface area contributed by atoms with Gasteiger partial charge in [0.2, 0.25) is 0 Å². The van der Waals surface area contributed by atoms with Crippen LogP contribution < -0.4 is 14.8 Å². The van der Waals surface area contributed by atoms with Gasteiger partial charge in [-0.1, -0.05) is 43.3 Å². The molecule has 0 aliphatic rings. The minimum atomic E-state index is -0.385. The van der Waals surface area contributed by atoms with E-state index in [1.165, 1.54) is 0 Å². The fourth-order valence-corrected chi connectivity index (χ4v) is 2.89. The highest BCUT2D eigenvalue weighted by Gasteiger charge is 2.20. The molecule has 0 saturated heterocycles. The van der Waals surface area contributed by atoms with Gasteiger partial charge in [0.05, 0.1) is 20.1 Å². The number of amides is 1. The minimum Gasteiger partial charge on any atom is -0.493 e. The topological polar surface area (TPSA) is 73.9 Å². The van der Waals surface area contributed by atoms with E-state index in [1.807, 2.05) is 55.5 Å². The molecule has 0 saturated carbocycles. The van der Waals surface area contributed by atoms with Crippen LogP contribution in [0.2, 0.25) is 0 Å². The zero-order valence-electron chi connectivity index (χ0n) is 16.6. The zero-order valence-corrected chi connectivity index (χ0v) is 16.6. The van der Waals surface area contributed by atoms with Gasteiger partial charge in [0.15, 0.2) is 18.1 Å². The van der Waals surface area contributed by atoms with Crippen molar-refractivity contribution in [1.29, 1.82) is 0 Å². The Morgan fingerprint density at radius 2 is 1.71 bits per heavy atom. The number of carbonyl (C=O) groups excluding carboxylic acids is 2. The fraction of sp³-hybridized carbons (Fsp3) is 0.364. The molecule has 0 heterocycles. The quantitative estimate of drug-likeness (QED) is 0.636. The van der Waals surface area contributed by atoms with Crippen LogP contribution in [0.3, 0.4) is 0 Å². The Morgan fingerprint density at radius 3 is 2.36 bits per heavy atom. The van der Waals surface area contributed by atoms with E-state index in [4.69, 9.17) is 14.2 Å². The van der Waals surface area contributed by atoms with E-state index in [2.05, 4.69) is 5.32 Å². The second-order valence-corrected chi connectivity index (χ2v) is 6.27. The summed E-state index contributed by atoms with van der Waals surface area (Å²) in [6, 6.07) is 15.0. The zero-order chi connectivity index (χ0) is 20.4. The summed E-state index contributed by atoms with van der Waals surface area (Å²) < 4.78 is 15.7. The van der Waals surface area contributed by atoms with E-state index >= 15 is 0 Å². The van der Waals surface area contributed by atoms with Crippen LogP contribution in [-0.4, -0.2) is 39.2 Å². The lowest BCUT2D eigenvalue weighted by atomic mass is 9.97. The number of carbonyl (C=O) groups is 2. The maximum atomic E-state index is 12.3. The number of hydrogen-bond donors (Lipinski definition) is 1. The third-order valence-corrected chi connectivity index (χ3v) is 4.42. The number of benzene rings is 2. The number of methoxy groups -OCH3 is 2. The van der Waals surface area contributed by atoms with Crippen molar-refractivity contribution in [2.45, 2.75) is 25.7 Å². The molecule has 0 aromatic heterocycles. The average Bonchev–Trinajstić information content (AvgIpc) is 2.73. The number of rotatable bonds is 10. The molecule has 0 unspecified atom stereocenters. The summed E-state index contributed by atoms with van der Waals surface area (Å²) >= 11 is 0. The molecule has 150 valence electrons. The third kappa shape index (κ3) is 6.01. The van der Waals surface area contributed by atoms with E-state index < -0.39 is 0 Å². The van der Waals surface area contributed by atoms with Gasteiger partial charge in [-0.3, -0.25) is 9.59 Å². The van der Waals surface area contributed by atoms with Crippen molar-refractivity contribution in [2.75, 3.05) is 27.4 Å². The molecule has 2 aromatic carbocycles. The summed E-state index contributed by atoms with van der Waals surface area (Å²) in [5.74, 6) is 0.235. The van der Waals surface area contributed by atoms with Crippen LogP contribution in [0.15, 0.2) is 48.5 Å². The lowest BCUT2D eigenvalue weighted by Gasteiger charge is -2.14. The molecular weight excluding hydrogens is 358 g/mol. The van der Waals surface area contributed by atoms with Crippen molar-refractivity contribution in [3.63, 3.8) is 0 Å². The molecule has 0 spiro atoms.